The first-order valence-electron chi connectivity index (χ1n) is 11.4. The standard InChI is InChI=1S/C24H37N3/c1-3-18(2)5-4-6-19-7-11-21(12-8-19)23-16-26-24(27-17-23)22-13-9-20(15-25)10-14-22/h16-22H,3-14H2,1-2H3. The average molecular weight is 368 g/mol. The van der Waals surface area contributed by atoms with Crippen molar-refractivity contribution in [2.24, 2.45) is 17.8 Å². The van der Waals surface area contributed by atoms with Gasteiger partial charge in [-0.1, -0.05) is 39.5 Å². The van der Waals surface area contributed by atoms with Crippen LogP contribution in [0.3, 0.4) is 0 Å². The predicted octanol–water partition coefficient (Wildman–Crippen LogP) is 6.76. The summed E-state index contributed by atoms with van der Waals surface area (Å²) in [7, 11) is 0. The Labute approximate surface area is 166 Å². The fourth-order valence-electron chi connectivity index (χ4n) is 4.99. The van der Waals surface area contributed by atoms with Crippen molar-refractivity contribution < 1.29 is 0 Å². The van der Waals surface area contributed by atoms with Crippen molar-refractivity contribution in [3.63, 3.8) is 0 Å². The van der Waals surface area contributed by atoms with Crippen LogP contribution in [0.1, 0.15) is 114 Å². The van der Waals surface area contributed by atoms with Crippen LogP contribution in [0.25, 0.3) is 0 Å². The first-order valence-corrected chi connectivity index (χ1v) is 11.4. The zero-order chi connectivity index (χ0) is 19.1. The minimum Gasteiger partial charge on any atom is -0.241 e. The highest BCUT2D eigenvalue weighted by Crippen LogP contribution is 2.38. The van der Waals surface area contributed by atoms with Gasteiger partial charge in [-0.25, -0.2) is 9.97 Å². The lowest BCUT2D eigenvalue weighted by Gasteiger charge is -2.29. The summed E-state index contributed by atoms with van der Waals surface area (Å²) in [6.07, 6.45) is 19.3. The van der Waals surface area contributed by atoms with E-state index < -0.39 is 0 Å². The van der Waals surface area contributed by atoms with E-state index >= 15 is 0 Å². The number of hydrogen-bond acceptors (Lipinski definition) is 3. The van der Waals surface area contributed by atoms with Crippen molar-refractivity contribution >= 4 is 0 Å². The van der Waals surface area contributed by atoms with E-state index in [0.717, 1.165) is 43.3 Å². The van der Waals surface area contributed by atoms with Crippen LogP contribution < -0.4 is 0 Å². The molecule has 2 aliphatic rings. The molecule has 1 atom stereocenters. The molecule has 0 saturated heterocycles. The van der Waals surface area contributed by atoms with E-state index in [-0.39, 0.29) is 5.92 Å². The fraction of sp³-hybridized carbons (Fsp3) is 0.792. The first kappa shape index (κ1) is 20.3. The summed E-state index contributed by atoms with van der Waals surface area (Å²) >= 11 is 0. The maximum atomic E-state index is 9.05. The molecule has 0 bridgehead atoms. The molecule has 2 aliphatic carbocycles. The second-order valence-electron chi connectivity index (χ2n) is 9.21. The van der Waals surface area contributed by atoms with Crippen LogP contribution in [-0.2, 0) is 0 Å². The van der Waals surface area contributed by atoms with E-state index in [4.69, 9.17) is 15.2 Å². The molecule has 2 fully saturated rings. The Bertz CT molecular complexity index is 587. The number of nitrogens with zero attached hydrogens (tertiary/aromatic N) is 3. The van der Waals surface area contributed by atoms with E-state index in [9.17, 15) is 0 Å². The van der Waals surface area contributed by atoms with Crippen molar-refractivity contribution in [3.05, 3.63) is 23.8 Å². The van der Waals surface area contributed by atoms with Crippen molar-refractivity contribution in [2.75, 3.05) is 0 Å². The molecular weight excluding hydrogens is 330 g/mol. The van der Waals surface area contributed by atoms with Crippen molar-refractivity contribution in [1.29, 1.82) is 5.26 Å². The van der Waals surface area contributed by atoms with E-state index in [1.165, 1.54) is 56.9 Å². The zero-order valence-corrected chi connectivity index (χ0v) is 17.4. The number of aromatic nitrogens is 2. The van der Waals surface area contributed by atoms with Gasteiger partial charge in [0.05, 0.1) is 6.07 Å². The summed E-state index contributed by atoms with van der Waals surface area (Å²) in [6, 6.07) is 2.41. The third-order valence-corrected chi connectivity index (χ3v) is 7.29. The summed E-state index contributed by atoms with van der Waals surface area (Å²) in [5.41, 5.74) is 1.35. The lowest BCUT2D eigenvalue weighted by molar-refractivity contribution is 0.295. The van der Waals surface area contributed by atoms with Crippen molar-refractivity contribution in [3.8, 4) is 6.07 Å². The van der Waals surface area contributed by atoms with Gasteiger partial charge in [-0.05, 0) is 74.7 Å². The van der Waals surface area contributed by atoms with Crippen LogP contribution in [0.4, 0.5) is 0 Å². The van der Waals surface area contributed by atoms with Crippen LogP contribution in [0, 0.1) is 29.1 Å². The summed E-state index contributed by atoms with van der Waals surface area (Å²) in [6.45, 7) is 4.69. The molecule has 3 nitrogen and oxygen atoms in total. The number of hydrogen-bond donors (Lipinski definition) is 0. The normalized spacial score (nSPS) is 29.8. The molecule has 1 unspecified atom stereocenters. The van der Waals surface area contributed by atoms with Gasteiger partial charge in [0.2, 0.25) is 0 Å². The van der Waals surface area contributed by atoms with Crippen LogP contribution in [0.2, 0.25) is 0 Å². The molecule has 0 amide bonds. The molecule has 1 heterocycles. The largest absolute Gasteiger partial charge is 0.241 e. The van der Waals surface area contributed by atoms with E-state index in [1.54, 1.807) is 0 Å². The summed E-state index contributed by atoms with van der Waals surface area (Å²) < 4.78 is 0. The van der Waals surface area contributed by atoms with Gasteiger partial charge in [0.1, 0.15) is 5.82 Å². The Morgan fingerprint density at radius 1 is 1.00 bits per heavy atom. The highest BCUT2D eigenvalue weighted by atomic mass is 14.9. The number of nitriles is 1. The Hall–Kier alpha value is -1.43. The van der Waals surface area contributed by atoms with Gasteiger partial charge in [-0.2, -0.15) is 5.26 Å². The smallest absolute Gasteiger partial charge is 0.131 e. The Morgan fingerprint density at radius 2 is 1.63 bits per heavy atom. The second kappa shape index (κ2) is 10.2. The molecule has 27 heavy (non-hydrogen) atoms. The fourth-order valence-corrected chi connectivity index (χ4v) is 4.99. The minimum absolute atomic E-state index is 0.251. The quantitative estimate of drug-likeness (QED) is 0.534. The molecule has 3 heteroatoms. The molecule has 3 rings (SSSR count). The van der Waals surface area contributed by atoms with Gasteiger partial charge < -0.3 is 0 Å². The lowest BCUT2D eigenvalue weighted by Crippen LogP contribution is -2.16. The van der Waals surface area contributed by atoms with E-state index in [0.29, 0.717) is 11.8 Å². The average Bonchev–Trinajstić information content (AvgIpc) is 2.74. The molecule has 148 valence electrons. The molecule has 1 aromatic rings. The molecule has 0 spiro atoms. The van der Waals surface area contributed by atoms with Crippen LogP contribution in [0.15, 0.2) is 12.4 Å². The van der Waals surface area contributed by atoms with Crippen LogP contribution >= 0.6 is 0 Å². The van der Waals surface area contributed by atoms with E-state index in [2.05, 4.69) is 32.3 Å². The van der Waals surface area contributed by atoms with Gasteiger partial charge >= 0.3 is 0 Å². The zero-order valence-electron chi connectivity index (χ0n) is 17.4. The highest BCUT2D eigenvalue weighted by Gasteiger charge is 2.25. The maximum absolute atomic E-state index is 9.05. The molecule has 0 N–H and O–H groups in total. The summed E-state index contributed by atoms with van der Waals surface area (Å²) in [4.78, 5) is 9.46. The van der Waals surface area contributed by atoms with Crippen LogP contribution in [-0.4, -0.2) is 9.97 Å². The summed E-state index contributed by atoms with van der Waals surface area (Å²) in [5.74, 6) is 4.23. The van der Waals surface area contributed by atoms with Gasteiger partial charge in [-0.15, -0.1) is 0 Å². The lowest BCUT2D eigenvalue weighted by atomic mass is 9.77. The van der Waals surface area contributed by atoms with Gasteiger partial charge in [-0.3, -0.25) is 0 Å². The highest BCUT2D eigenvalue weighted by molar-refractivity contribution is 5.14. The minimum atomic E-state index is 0.251. The van der Waals surface area contributed by atoms with Crippen LogP contribution in [0.5, 0.6) is 0 Å². The molecule has 0 aromatic carbocycles. The number of rotatable bonds is 7. The van der Waals surface area contributed by atoms with Crippen molar-refractivity contribution in [1.82, 2.24) is 9.97 Å². The maximum Gasteiger partial charge on any atom is 0.131 e. The van der Waals surface area contributed by atoms with Crippen molar-refractivity contribution in [2.45, 2.75) is 103 Å². The molecule has 2 saturated carbocycles. The van der Waals surface area contributed by atoms with Gasteiger partial charge in [0, 0.05) is 24.2 Å². The Kier molecular flexibility index (Phi) is 7.68. The van der Waals surface area contributed by atoms with Gasteiger partial charge in [0.25, 0.3) is 0 Å². The topological polar surface area (TPSA) is 49.6 Å². The molecular formula is C24H37N3. The molecule has 1 aromatic heterocycles. The third kappa shape index (κ3) is 5.77. The molecule has 0 radical (unpaired) electrons. The predicted molar refractivity (Wildman–Crippen MR) is 110 cm³/mol. The van der Waals surface area contributed by atoms with Gasteiger partial charge in [0.15, 0.2) is 0 Å². The van der Waals surface area contributed by atoms with E-state index in [1.807, 2.05) is 0 Å². The third-order valence-electron chi connectivity index (χ3n) is 7.29. The monoisotopic (exact) mass is 367 g/mol. The molecule has 0 aliphatic heterocycles. The second-order valence-corrected chi connectivity index (χ2v) is 9.21. The first-order chi connectivity index (χ1) is 13.2. The summed E-state index contributed by atoms with van der Waals surface area (Å²) in [5, 5.41) is 9.05. The Balaban J connectivity index is 1.43. The SMILES string of the molecule is CCC(C)CCCC1CCC(c2cnc(C3CCC(C#N)CC3)nc2)CC1. The Morgan fingerprint density at radius 3 is 2.22 bits per heavy atom.